The molecule has 146 valence electrons. The molecule has 0 atom stereocenters. The van der Waals surface area contributed by atoms with Gasteiger partial charge in [-0.25, -0.2) is 4.57 Å². The molecule has 0 heterocycles. The van der Waals surface area contributed by atoms with E-state index in [0.717, 1.165) is 35.1 Å². The number of aryl methyl sites for hydroxylation is 3. The molecule has 0 aromatic heterocycles. The van der Waals surface area contributed by atoms with E-state index < -0.39 is 7.60 Å². The average molecular weight is 394 g/mol. The molecule has 3 aromatic rings. The summed E-state index contributed by atoms with van der Waals surface area (Å²) in [7, 11) is -3.66. The van der Waals surface area contributed by atoms with Crippen molar-refractivity contribution >= 4 is 12.9 Å². The van der Waals surface area contributed by atoms with Gasteiger partial charge in [-0.15, -0.1) is 0 Å². The molecule has 28 heavy (non-hydrogen) atoms. The highest BCUT2D eigenvalue weighted by atomic mass is 31.2. The van der Waals surface area contributed by atoms with E-state index in [1.165, 1.54) is 0 Å². The molecule has 3 rings (SSSR count). The Morgan fingerprint density at radius 2 is 1.21 bits per heavy atom. The molecule has 0 saturated heterocycles. The van der Waals surface area contributed by atoms with Gasteiger partial charge in [0.25, 0.3) is 0 Å². The zero-order valence-electron chi connectivity index (χ0n) is 16.9. The van der Waals surface area contributed by atoms with E-state index in [1.54, 1.807) is 0 Å². The summed E-state index contributed by atoms with van der Waals surface area (Å²) in [5.74, 6) is 1.20. The van der Waals surface area contributed by atoms with E-state index in [1.807, 2.05) is 80.6 Å². The summed E-state index contributed by atoms with van der Waals surface area (Å²) in [6, 6.07) is 21.1. The Bertz CT molecular complexity index is 957. The van der Waals surface area contributed by atoms with E-state index in [0.29, 0.717) is 16.8 Å². The second-order valence-corrected chi connectivity index (χ2v) is 8.66. The molecule has 0 spiro atoms. The summed E-state index contributed by atoms with van der Waals surface area (Å²) in [6.45, 7) is 8.07. The van der Waals surface area contributed by atoms with Crippen molar-refractivity contribution in [3.63, 3.8) is 0 Å². The topological polar surface area (TPSA) is 35.5 Å². The zero-order valence-corrected chi connectivity index (χ0v) is 17.8. The highest BCUT2D eigenvalue weighted by molar-refractivity contribution is 7.63. The second-order valence-electron chi connectivity index (χ2n) is 6.82. The smallest absolute Gasteiger partial charge is 0.413 e. The van der Waals surface area contributed by atoms with Gasteiger partial charge in [0, 0.05) is 0 Å². The number of rotatable bonds is 7. The van der Waals surface area contributed by atoms with Gasteiger partial charge in [-0.1, -0.05) is 62.4 Å². The fourth-order valence-corrected chi connectivity index (χ4v) is 5.14. The largest absolute Gasteiger partial charge is 0.463 e. The molecule has 0 fully saturated rings. The van der Waals surface area contributed by atoms with E-state index in [4.69, 9.17) is 9.05 Å². The van der Waals surface area contributed by atoms with E-state index in [2.05, 4.69) is 13.8 Å². The third kappa shape index (κ3) is 4.15. The van der Waals surface area contributed by atoms with E-state index in [-0.39, 0.29) is 0 Å². The van der Waals surface area contributed by atoms with E-state index in [9.17, 15) is 4.57 Å². The van der Waals surface area contributed by atoms with Crippen molar-refractivity contribution < 1.29 is 13.6 Å². The number of para-hydroxylation sites is 2. The SMILES string of the molecule is CCc1ccccc1OP(=O)(Oc1ccccc1CC)c1cccc(C)c1C. The second kappa shape index (κ2) is 8.67. The van der Waals surface area contributed by atoms with Crippen LogP contribution in [0.4, 0.5) is 0 Å². The fraction of sp³-hybridized carbons (Fsp3) is 0.250. The zero-order chi connectivity index (χ0) is 20.1. The summed E-state index contributed by atoms with van der Waals surface area (Å²) in [4.78, 5) is 0. The minimum Gasteiger partial charge on any atom is -0.413 e. The Balaban J connectivity index is 2.13. The highest BCUT2D eigenvalue weighted by Gasteiger charge is 2.34. The van der Waals surface area contributed by atoms with Crippen LogP contribution in [0.5, 0.6) is 11.5 Å². The Kier molecular flexibility index (Phi) is 6.26. The Labute approximate surface area is 167 Å². The first-order valence-corrected chi connectivity index (χ1v) is 11.2. The predicted octanol–water partition coefficient (Wildman–Crippen LogP) is 6.40. The quantitative estimate of drug-likeness (QED) is 0.435. The van der Waals surface area contributed by atoms with E-state index >= 15 is 0 Å². The molecule has 0 unspecified atom stereocenters. The molecule has 0 bridgehead atoms. The first kappa shape index (κ1) is 20.2. The van der Waals surface area contributed by atoms with Crippen molar-refractivity contribution in [2.24, 2.45) is 0 Å². The van der Waals surface area contributed by atoms with Crippen LogP contribution in [0.25, 0.3) is 0 Å². The summed E-state index contributed by atoms with van der Waals surface area (Å²) in [6.07, 6.45) is 1.57. The normalized spacial score (nSPS) is 11.3. The number of benzene rings is 3. The van der Waals surface area contributed by atoms with Gasteiger partial charge in [-0.05, 0) is 67.1 Å². The van der Waals surface area contributed by atoms with Crippen LogP contribution in [0.3, 0.4) is 0 Å². The maximum atomic E-state index is 14.2. The molecule has 0 saturated carbocycles. The third-order valence-corrected chi connectivity index (χ3v) is 6.96. The van der Waals surface area contributed by atoms with Crippen LogP contribution in [-0.2, 0) is 17.4 Å². The van der Waals surface area contributed by atoms with Crippen LogP contribution in [-0.4, -0.2) is 0 Å². The number of hydrogen-bond donors (Lipinski definition) is 0. The average Bonchev–Trinajstić information content (AvgIpc) is 2.70. The fourth-order valence-electron chi connectivity index (χ4n) is 3.18. The van der Waals surface area contributed by atoms with Crippen molar-refractivity contribution in [1.82, 2.24) is 0 Å². The molecule has 3 nitrogen and oxygen atoms in total. The molecule has 4 heteroatoms. The van der Waals surface area contributed by atoms with Gasteiger partial charge in [0.2, 0.25) is 0 Å². The maximum absolute atomic E-state index is 14.2. The lowest BCUT2D eigenvalue weighted by atomic mass is 10.1. The maximum Gasteiger partial charge on any atom is 0.463 e. The van der Waals surface area contributed by atoms with Crippen molar-refractivity contribution in [2.75, 3.05) is 0 Å². The first-order valence-electron chi connectivity index (χ1n) is 9.70. The van der Waals surface area contributed by atoms with Gasteiger partial charge in [-0.3, -0.25) is 0 Å². The third-order valence-electron chi connectivity index (χ3n) is 5.02. The van der Waals surface area contributed by atoms with Gasteiger partial charge >= 0.3 is 7.60 Å². The molecule has 3 aromatic carbocycles. The van der Waals surface area contributed by atoms with Crippen molar-refractivity contribution in [3.05, 3.63) is 89.0 Å². The summed E-state index contributed by atoms with van der Waals surface area (Å²) in [5, 5.41) is 0.601. The minimum absolute atomic E-state index is 0.600. The molecule has 0 N–H and O–H groups in total. The standard InChI is InChI=1S/C24H27O3P/c1-5-20-13-7-9-15-22(20)26-28(25,24-17-11-12-18(3)19(24)4)27-23-16-10-8-14-21(23)6-2/h7-17H,5-6H2,1-4H3. The van der Waals surface area contributed by atoms with Crippen molar-refractivity contribution in [2.45, 2.75) is 40.5 Å². The first-order chi connectivity index (χ1) is 13.5. The number of hydrogen-bond acceptors (Lipinski definition) is 3. The van der Waals surface area contributed by atoms with Gasteiger partial charge in [-0.2, -0.15) is 0 Å². The molecule has 0 aliphatic heterocycles. The Morgan fingerprint density at radius 1 is 0.714 bits per heavy atom. The Hall–Kier alpha value is -2.51. The monoisotopic (exact) mass is 394 g/mol. The molecule has 0 aliphatic carbocycles. The van der Waals surface area contributed by atoms with Crippen molar-refractivity contribution in [3.8, 4) is 11.5 Å². The van der Waals surface area contributed by atoms with Crippen LogP contribution in [0.2, 0.25) is 0 Å². The predicted molar refractivity (Wildman–Crippen MR) is 116 cm³/mol. The van der Waals surface area contributed by atoms with Crippen LogP contribution in [0.15, 0.2) is 66.7 Å². The van der Waals surface area contributed by atoms with Gasteiger partial charge in [0.05, 0.1) is 5.30 Å². The van der Waals surface area contributed by atoms with Gasteiger partial charge in [0.15, 0.2) is 0 Å². The summed E-state index contributed by atoms with van der Waals surface area (Å²) >= 11 is 0. The van der Waals surface area contributed by atoms with Crippen LogP contribution in [0.1, 0.15) is 36.1 Å². The molecule has 0 aliphatic rings. The van der Waals surface area contributed by atoms with Crippen molar-refractivity contribution in [1.29, 1.82) is 0 Å². The van der Waals surface area contributed by atoms with Crippen LogP contribution >= 0.6 is 7.60 Å². The van der Waals surface area contributed by atoms with Gasteiger partial charge < -0.3 is 9.05 Å². The van der Waals surface area contributed by atoms with Crippen LogP contribution in [0, 0.1) is 13.8 Å². The molecule has 0 amide bonds. The lowest BCUT2D eigenvalue weighted by Gasteiger charge is -2.24. The highest BCUT2D eigenvalue weighted by Crippen LogP contribution is 2.50. The molecular formula is C24H27O3P. The molecule has 0 radical (unpaired) electrons. The Morgan fingerprint density at radius 3 is 1.71 bits per heavy atom. The summed E-state index contributed by atoms with van der Waals surface area (Å²) in [5.41, 5.74) is 3.98. The molecular weight excluding hydrogens is 367 g/mol. The van der Waals surface area contributed by atoms with Gasteiger partial charge in [0.1, 0.15) is 11.5 Å². The lowest BCUT2D eigenvalue weighted by Crippen LogP contribution is -2.19. The lowest BCUT2D eigenvalue weighted by molar-refractivity contribution is 0.396. The van der Waals surface area contributed by atoms with Crippen LogP contribution < -0.4 is 14.4 Å². The minimum atomic E-state index is -3.66. The summed E-state index contributed by atoms with van der Waals surface area (Å²) < 4.78 is 26.6.